The summed E-state index contributed by atoms with van der Waals surface area (Å²) in [7, 11) is 0. The summed E-state index contributed by atoms with van der Waals surface area (Å²) < 4.78 is 16.3. The molecule has 0 spiro atoms. The first-order valence-corrected chi connectivity index (χ1v) is 5.51. The van der Waals surface area contributed by atoms with Gasteiger partial charge in [-0.3, -0.25) is 0 Å². The van der Waals surface area contributed by atoms with Crippen LogP contribution in [-0.4, -0.2) is 23.4 Å². The number of hydrogen-bond donors (Lipinski definition) is 0. The maximum absolute atomic E-state index is 5.47. The summed E-state index contributed by atoms with van der Waals surface area (Å²) in [5.74, 6) is 1.90. The zero-order valence-corrected chi connectivity index (χ0v) is 9.73. The molecule has 3 rings (SSSR count). The average Bonchev–Trinajstić information content (AvgIpc) is 2.75. The van der Waals surface area contributed by atoms with Crippen LogP contribution in [0.25, 0.3) is 11.5 Å². The van der Waals surface area contributed by atoms with Gasteiger partial charge in [0.05, 0.1) is 0 Å². The fraction of sp³-hybridized carbons (Fsp3) is 0.200. The molecule has 82 valence electrons. The van der Waals surface area contributed by atoms with E-state index in [0.717, 1.165) is 11.3 Å². The fourth-order valence-corrected chi connectivity index (χ4v) is 1.73. The van der Waals surface area contributed by atoms with E-state index in [4.69, 9.17) is 14.0 Å². The molecule has 0 saturated heterocycles. The van der Waals surface area contributed by atoms with Crippen molar-refractivity contribution in [2.24, 2.45) is 0 Å². The lowest BCUT2D eigenvalue weighted by Crippen LogP contribution is -2.15. The molecule has 1 aliphatic rings. The number of rotatable bonds is 1. The molecule has 0 amide bonds. The summed E-state index contributed by atoms with van der Waals surface area (Å²) in [4.78, 5) is 4.07. The van der Waals surface area contributed by atoms with Crippen molar-refractivity contribution in [1.29, 1.82) is 0 Å². The number of nitrogens with zero attached hydrogens (tertiary/aromatic N) is 2. The largest absolute Gasteiger partial charge is 0.486 e. The Balaban J connectivity index is 2.02. The molecule has 0 bridgehead atoms. The highest BCUT2D eigenvalue weighted by atomic mass is 79.9. The van der Waals surface area contributed by atoms with Crippen molar-refractivity contribution in [3.8, 4) is 23.0 Å². The highest BCUT2D eigenvalue weighted by molar-refractivity contribution is 9.10. The van der Waals surface area contributed by atoms with Crippen molar-refractivity contribution in [3.63, 3.8) is 0 Å². The third-order valence-corrected chi connectivity index (χ3v) is 2.51. The standard InChI is InChI=1S/C10H7BrN2O3/c11-10-12-9(16-13-10)6-1-2-7-8(5-6)15-4-3-14-7/h1-2,5H,3-4H2. The first-order valence-electron chi connectivity index (χ1n) is 4.72. The number of ether oxygens (including phenoxy) is 2. The Morgan fingerprint density at radius 1 is 1.12 bits per heavy atom. The second-order valence-corrected chi connectivity index (χ2v) is 3.94. The monoisotopic (exact) mass is 282 g/mol. The number of hydrogen-bond acceptors (Lipinski definition) is 5. The van der Waals surface area contributed by atoms with Crippen molar-refractivity contribution in [1.82, 2.24) is 10.1 Å². The Bertz CT molecular complexity index is 527. The SMILES string of the molecule is Brc1noc(-c2ccc3c(c2)OCCO3)n1. The van der Waals surface area contributed by atoms with Crippen molar-refractivity contribution in [3.05, 3.63) is 22.9 Å². The number of fused-ring (bicyclic) bond motifs is 1. The molecule has 0 unspecified atom stereocenters. The predicted molar refractivity (Wildman–Crippen MR) is 58.4 cm³/mol. The molecule has 0 atom stereocenters. The van der Waals surface area contributed by atoms with Crippen molar-refractivity contribution < 1.29 is 14.0 Å². The van der Waals surface area contributed by atoms with E-state index in [-0.39, 0.29) is 0 Å². The van der Waals surface area contributed by atoms with Crippen molar-refractivity contribution in [2.45, 2.75) is 0 Å². The van der Waals surface area contributed by atoms with Crippen LogP contribution in [0.2, 0.25) is 0 Å². The lowest BCUT2D eigenvalue weighted by Gasteiger charge is -2.18. The van der Waals surface area contributed by atoms with Crippen LogP contribution >= 0.6 is 15.9 Å². The topological polar surface area (TPSA) is 57.4 Å². The van der Waals surface area contributed by atoms with E-state index in [1.54, 1.807) is 0 Å². The molecule has 0 radical (unpaired) electrons. The molecule has 0 fully saturated rings. The van der Waals surface area contributed by atoms with Gasteiger partial charge < -0.3 is 14.0 Å². The molecule has 1 aromatic heterocycles. The number of aromatic nitrogens is 2. The zero-order chi connectivity index (χ0) is 11.0. The van der Waals surface area contributed by atoms with Crippen LogP contribution in [0.15, 0.2) is 27.5 Å². The summed E-state index contributed by atoms with van der Waals surface area (Å²) in [6.45, 7) is 1.14. The van der Waals surface area contributed by atoms with Gasteiger partial charge in [-0.05, 0) is 39.3 Å². The second-order valence-electron chi connectivity index (χ2n) is 3.23. The van der Waals surface area contributed by atoms with Gasteiger partial charge in [0.1, 0.15) is 13.2 Å². The fourth-order valence-electron chi connectivity index (χ4n) is 1.50. The minimum Gasteiger partial charge on any atom is -0.486 e. The van der Waals surface area contributed by atoms with Crippen LogP contribution in [0, 0.1) is 0 Å². The van der Waals surface area contributed by atoms with E-state index in [1.807, 2.05) is 18.2 Å². The molecule has 1 aliphatic heterocycles. The predicted octanol–water partition coefficient (Wildman–Crippen LogP) is 2.27. The van der Waals surface area contributed by atoms with Crippen LogP contribution in [0.3, 0.4) is 0 Å². The Morgan fingerprint density at radius 2 is 1.94 bits per heavy atom. The van der Waals surface area contributed by atoms with Gasteiger partial charge in [0.15, 0.2) is 11.5 Å². The first-order chi connectivity index (χ1) is 7.83. The van der Waals surface area contributed by atoms with Crippen LogP contribution in [0.5, 0.6) is 11.5 Å². The molecular weight excluding hydrogens is 276 g/mol. The van der Waals surface area contributed by atoms with Gasteiger partial charge in [-0.25, -0.2) is 0 Å². The van der Waals surface area contributed by atoms with E-state index in [9.17, 15) is 0 Å². The zero-order valence-electron chi connectivity index (χ0n) is 8.14. The second kappa shape index (κ2) is 3.79. The highest BCUT2D eigenvalue weighted by Crippen LogP contribution is 2.34. The summed E-state index contributed by atoms with van der Waals surface area (Å²) in [6.07, 6.45) is 0. The quantitative estimate of drug-likeness (QED) is 0.803. The lowest BCUT2D eigenvalue weighted by atomic mass is 10.2. The van der Waals surface area contributed by atoms with Crippen molar-refractivity contribution >= 4 is 15.9 Å². The normalized spacial score (nSPS) is 13.8. The molecule has 0 aliphatic carbocycles. The average molecular weight is 283 g/mol. The van der Waals surface area contributed by atoms with Gasteiger partial charge in [-0.1, -0.05) is 0 Å². The van der Waals surface area contributed by atoms with E-state index >= 15 is 0 Å². The van der Waals surface area contributed by atoms with Gasteiger partial charge in [-0.2, -0.15) is 4.98 Å². The first kappa shape index (κ1) is 9.65. The van der Waals surface area contributed by atoms with Crippen LogP contribution in [0.1, 0.15) is 0 Å². The van der Waals surface area contributed by atoms with Crippen LogP contribution in [-0.2, 0) is 0 Å². The van der Waals surface area contributed by atoms with Crippen LogP contribution < -0.4 is 9.47 Å². The van der Waals surface area contributed by atoms with Crippen LogP contribution in [0.4, 0.5) is 0 Å². The van der Waals surface area contributed by atoms with E-state index < -0.39 is 0 Å². The number of halogens is 1. The molecule has 0 N–H and O–H groups in total. The lowest BCUT2D eigenvalue weighted by molar-refractivity contribution is 0.171. The summed E-state index contributed by atoms with van der Waals surface area (Å²) in [5.41, 5.74) is 0.808. The molecule has 5 nitrogen and oxygen atoms in total. The van der Waals surface area contributed by atoms with Gasteiger partial charge >= 0.3 is 0 Å². The third-order valence-electron chi connectivity index (χ3n) is 2.19. The van der Waals surface area contributed by atoms with Gasteiger partial charge in [0.25, 0.3) is 5.89 Å². The van der Waals surface area contributed by atoms with Gasteiger partial charge in [-0.15, -0.1) is 0 Å². The Kier molecular flexibility index (Phi) is 2.28. The summed E-state index contributed by atoms with van der Waals surface area (Å²) >= 11 is 3.13. The molecular formula is C10H7BrN2O3. The molecule has 2 heterocycles. The molecule has 0 saturated carbocycles. The Morgan fingerprint density at radius 3 is 2.69 bits per heavy atom. The third kappa shape index (κ3) is 1.65. The molecule has 16 heavy (non-hydrogen) atoms. The number of benzene rings is 1. The minimum absolute atomic E-state index is 0.428. The highest BCUT2D eigenvalue weighted by Gasteiger charge is 2.14. The molecule has 2 aromatic rings. The van der Waals surface area contributed by atoms with E-state index in [2.05, 4.69) is 26.1 Å². The Hall–Kier alpha value is -1.56. The van der Waals surface area contributed by atoms with E-state index in [0.29, 0.717) is 29.6 Å². The maximum Gasteiger partial charge on any atom is 0.258 e. The smallest absolute Gasteiger partial charge is 0.258 e. The van der Waals surface area contributed by atoms with Crippen molar-refractivity contribution in [2.75, 3.05) is 13.2 Å². The molecule has 1 aromatic carbocycles. The van der Waals surface area contributed by atoms with E-state index in [1.165, 1.54) is 0 Å². The van der Waals surface area contributed by atoms with Gasteiger partial charge in [0, 0.05) is 5.56 Å². The molecule has 6 heteroatoms. The maximum atomic E-state index is 5.47. The summed E-state index contributed by atoms with van der Waals surface area (Å²) in [6, 6.07) is 5.52. The Labute approximate surface area is 99.5 Å². The van der Waals surface area contributed by atoms with Gasteiger partial charge in [0.2, 0.25) is 4.73 Å². The minimum atomic E-state index is 0.428. The summed E-state index contributed by atoms with van der Waals surface area (Å²) in [5, 5.41) is 3.66.